The van der Waals surface area contributed by atoms with E-state index in [1.807, 2.05) is 38.1 Å². The third-order valence-electron chi connectivity index (χ3n) is 2.44. The molecular weight excluding hydrogens is 252 g/mol. The zero-order valence-electron chi connectivity index (χ0n) is 9.90. The predicted molar refractivity (Wildman–Crippen MR) is 74.7 cm³/mol. The molecule has 0 bridgehead atoms. The first-order chi connectivity index (χ1) is 8.06. The average Bonchev–Trinajstić information content (AvgIpc) is 2.59. The van der Waals surface area contributed by atoms with E-state index < -0.39 is 0 Å². The van der Waals surface area contributed by atoms with Gasteiger partial charge in [0.15, 0.2) is 0 Å². The predicted octanol–water partition coefficient (Wildman–Crippen LogP) is 3.66. The fourth-order valence-corrected chi connectivity index (χ4v) is 3.02. The first-order valence-corrected chi connectivity index (χ1v) is 6.73. The van der Waals surface area contributed by atoms with Gasteiger partial charge in [-0.05, 0) is 31.5 Å². The van der Waals surface area contributed by atoms with E-state index in [1.54, 1.807) is 11.3 Å². The summed E-state index contributed by atoms with van der Waals surface area (Å²) < 4.78 is 0. The number of rotatable bonds is 3. The van der Waals surface area contributed by atoms with Crippen molar-refractivity contribution >= 4 is 22.9 Å². The van der Waals surface area contributed by atoms with Gasteiger partial charge in [0, 0.05) is 17.5 Å². The minimum absolute atomic E-state index is 0.151. The van der Waals surface area contributed by atoms with Crippen molar-refractivity contribution in [1.82, 2.24) is 4.98 Å². The molecule has 2 rings (SSSR count). The van der Waals surface area contributed by atoms with Gasteiger partial charge in [-0.1, -0.05) is 23.7 Å². The van der Waals surface area contributed by atoms with Crippen molar-refractivity contribution in [3.8, 4) is 10.4 Å². The van der Waals surface area contributed by atoms with Crippen LogP contribution >= 0.6 is 22.9 Å². The SMILES string of the molecule is Cc1nc(CC(C)N)sc1-c1ccc(Cl)cc1. The van der Waals surface area contributed by atoms with Crippen LogP contribution in [0, 0.1) is 6.92 Å². The lowest BCUT2D eigenvalue weighted by Gasteiger charge is -1.99. The van der Waals surface area contributed by atoms with Crippen molar-refractivity contribution in [2.75, 3.05) is 0 Å². The zero-order chi connectivity index (χ0) is 12.4. The molecule has 2 nitrogen and oxygen atoms in total. The summed E-state index contributed by atoms with van der Waals surface area (Å²) in [4.78, 5) is 5.76. The molecule has 17 heavy (non-hydrogen) atoms. The van der Waals surface area contributed by atoms with Gasteiger partial charge < -0.3 is 5.73 Å². The number of nitrogens with zero attached hydrogens (tertiary/aromatic N) is 1. The van der Waals surface area contributed by atoms with E-state index in [2.05, 4.69) is 4.98 Å². The Hall–Kier alpha value is -0.900. The molecule has 0 fully saturated rings. The van der Waals surface area contributed by atoms with Crippen molar-refractivity contribution in [2.24, 2.45) is 5.73 Å². The first-order valence-electron chi connectivity index (χ1n) is 5.54. The lowest BCUT2D eigenvalue weighted by molar-refractivity contribution is 0.732. The normalized spacial score (nSPS) is 12.7. The van der Waals surface area contributed by atoms with Crippen LogP contribution in [0.5, 0.6) is 0 Å². The number of thiazole rings is 1. The molecule has 0 radical (unpaired) electrons. The molecular formula is C13H15ClN2S. The second-order valence-corrected chi connectivity index (χ2v) is 5.73. The molecule has 1 aromatic heterocycles. The monoisotopic (exact) mass is 266 g/mol. The fraction of sp³-hybridized carbons (Fsp3) is 0.308. The van der Waals surface area contributed by atoms with E-state index in [9.17, 15) is 0 Å². The molecule has 0 aliphatic carbocycles. The largest absolute Gasteiger partial charge is 0.328 e. The van der Waals surface area contributed by atoms with Gasteiger partial charge >= 0.3 is 0 Å². The second-order valence-electron chi connectivity index (χ2n) is 4.21. The molecule has 1 atom stereocenters. The average molecular weight is 267 g/mol. The Bertz CT molecular complexity index is 503. The van der Waals surface area contributed by atoms with Crippen LogP contribution in [-0.2, 0) is 6.42 Å². The molecule has 0 aliphatic rings. The highest BCUT2D eigenvalue weighted by molar-refractivity contribution is 7.15. The Morgan fingerprint density at radius 3 is 2.59 bits per heavy atom. The molecule has 1 heterocycles. The van der Waals surface area contributed by atoms with Gasteiger partial charge in [0.2, 0.25) is 0 Å². The smallest absolute Gasteiger partial charge is 0.0949 e. The van der Waals surface area contributed by atoms with Crippen molar-refractivity contribution in [2.45, 2.75) is 26.3 Å². The summed E-state index contributed by atoms with van der Waals surface area (Å²) in [5.74, 6) is 0. The van der Waals surface area contributed by atoms with Crippen LogP contribution in [0.15, 0.2) is 24.3 Å². The van der Waals surface area contributed by atoms with Crippen molar-refractivity contribution in [3.05, 3.63) is 40.0 Å². The molecule has 2 N–H and O–H groups in total. The van der Waals surface area contributed by atoms with E-state index in [-0.39, 0.29) is 6.04 Å². The number of aryl methyl sites for hydroxylation is 1. The minimum Gasteiger partial charge on any atom is -0.328 e. The summed E-state index contributed by atoms with van der Waals surface area (Å²) in [6, 6.07) is 8.01. The van der Waals surface area contributed by atoms with Crippen LogP contribution in [0.2, 0.25) is 5.02 Å². The molecule has 4 heteroatoms. The summed E-state index contributed by atoms with van der Waals surface area (Å²) in [7, 11) is 0. The van der Waals surface area contributed by atoms with Crippen molar-refractivity contribution in [1.29, 1.82) is 0 Å². The van der Waals surface area contributed by atoms with Gasteiger partial charge in [0.25, 0.3) is 0 Å². The second kappa shape index (κ2) is 5.17. The van der Waals surface area contributed by atoms with Crippen LogP contribution in [0.4, 0.5) is 0 Å². The summed E-state index contributed by atoms with van der Waals surface area (Å²) in [5.41, 5.74) is 8.02. The summed E-state index contributed by atoms with van der Waals surface area (Å²) in [6.45, 7) is 4.03. The molecule has 1 unspecified atom stereocenters. The van der Waals surface area contributed by atoms with Gasteiger partial charge in [-0.25, -0.2) is 4.98 Å². The quantitative estimate of drug-likeness (QED) is 0.921. The molecule has 90 valence electrons. The first kappa shape index (κ1) is 12.6. The number of hydrogen-bond donors (Lipinski definition) is 1. The maximum absolute atomic E-state index is 5.88. The fourth-order valence-electron chi connectivity index (χ4n) is 1.68. The highest BCUT2D eigenvalue weighted by atomic mass is 35.5. The van der Waals surface area contributed by atoms with Crippen molar-refractivity contribution < 1.29 is 0 Å². The van der Waals surface area contributed by atoms with Crippen LogP contribution in [-0.4, -0.2) is 11.0 Å². The van der Waals surface area contributed by atoms with Gasteiger partial charge in [0.05, 0.1) is 15.6 Å². The van der Waals surface area contributed by atoms with Crippen LogP contribution < -0.4 is 5.73 Å². The van der Waals surface area contributed by atoms with E-state index >= 15 is 0 Å². The Morgan fingerprint density at radius 1 is 1.35 bits per heavy atom. The minimum atomic E-state index is 0.151. The molecule has 2 aromatic rings. The Balaban J connectivity index is 2.32. The molecule has 0 saturated carbocycles. The number of nitrogens with two attached hydrogens (primary N) is 1. The highest BCUT2D eigenvalue weighted by Crippen LogP contribution is 2.31. The van der Waals surface area contributed by atoms with Gasteiger partial charge in [-0.3, -0.25) is 0 Å². The summed E-state index contributed by atoms with van der Waals surface area (Å²) in [5, 5.41) is 1.86. The standard InChI is InChI=1S/C13H15ClN2S/c1-8(15)7-12-16-9(2)13(17-12)10-3-5-11(14)6-4-10/h3-6,8H,7,15H2,1-2H3. The molecule has 1 aromatic carbocycles. The molecule has 0 aliphatic heterocycles. The number of hydrogen-bond acceptors (Lipinski definition) is 3. The highest BCUT2D eigenvalue weighted by Gasteiger charge is 2.10. The lowest BCUT2D eigenvalue weighted by atomic mass is 10.2. The molecule has 0 amide bonds. The Kier molecular flexibility index (Phi) is 3.82. The third-order valence-corrected chi connectivity index (χ3v) is 3.92. The van der Waals surface area contributed by atoms with E-state index in [0.29, 0.717) is 0 Å². The number of halogens is 1. The molecule has 0 saturated heterocycles. The zero-order valence-corrected chi connectivity index (χ0v) is 11.5. The van der Waals surface area contributed by atoms with Crippen molar-refractivity contribution in [3.63, 3.8) is 0 Å². The molecule has 0 spiro atoms. The maximum Gasteiger partial charge on any atom is 0.0949 e. The topological polar surface area (TPSA) is 38.9 Å². The summed E-state index contributed by atoms with van der Waals surface area (Å²) >= 11 is 7.60. The Morgan fingerprint density at radius 2 is 2.00 bits per heavy atom. The lowest BCUT2D eigenvalue weighted by Crippen LogP contribution is -2.17. The number of benzene rings is 1. The summed E-state index contributed by atoms with van der Waals surface area (Å²) in [6.07, 6.45) is 0.832. The maximum atomic E-state index is 5.88. The van der Waals surface area contributed by atoms with Gasteiger partial charge in [-0.2, -0.15) is 0 Å². The van der Waals surface area contributed by atoms with Gasteiger partial charge in [0.1, 0.15) is 0 Å². The van der Waals surface area contributed by atoms with E-state index in [1.165, 1.54) is 10.4 Å². The van der Waals surface area contributed by atoms with Crippen LogP contribution in [0.1, 0.15) is 17.6 Å². The Labute approximate surface area is 110 Å². The van der Waals surface area contributed by atoms with Gasteiger partial charge in [-0.15, -0.1) is 11.3 Å². The van der Waals surface area contributed by atoms with Crippen LogP contribution in [0.25, 0.3) is 10.4 Å². The van der Waals surface area contributed by atoms with E-state index in [4.69, 9.17) is 17.3 Å². The van der Waals surface area contributed by atoms with Crippen LogP contribution in [0.3, 0.4) is 0 Å². The third kappa shape index (κ3) is 3.06. The van der Waals surface area contributed by atoms with E-state index in [0.717, 1.165) is 22.1 Å². The number of aromatic nitrogens is 1.